The number of halogens is 1. The molecule has 7 heteroatoms. The molecule has 1 saturated heterocycles. The summed E-state index contributed by atoms with van der Waals surface area (Å²) in [6.07, 6.45) is 0. The second-order valence-corrected chi connectivity index (χ2v) is 6.94. The molecule has 6 nitrogen and oxygen atoms in total. The van der Waals surface area contributed by atoms with E-state index in [0.717, 1.165) is 24.3 Å². The molecule has 0 saturated carbocycles. The molecule has 1 aliphatic heterocycles. The number of carbonyl (C=O) groups excluding carboxylic acids is 1. The summed E-state index contributed by atoms with van der Waals surface area (Å²) >= 11 is 6.17. The summed E-state index contributed by atoms with van der Waals surface area (Å²) in [5.41, 5.74) is 2.63. The van der Waals surface area contributed by atoms with Crippen LogP contribution in [0.2, 0.25) is 5.02 Å². The monoisotopic (exact) mass is 397 g/mol. The molecule has 0 radical (unpaired) electrons. The highest BCUT2D eigenvalue weighted by Gasteiger charge is 2.21. The average Bonchev–Trinajstić information content (AvgIpc) is 3.11. The predicted molar refractivity (Wildman–Crippen MR) is 109 cm³/mol. The van der Waals surface area contributed by atoms with Crippen LogP contribution in [0, 0.1) is 6.92 Å². The molecule has 2 aromatic carbocycles. The van der Waals surface area contributed by atoms with Gasteiger partial charge >= 0.3 is 0 Å². The minimum atomic E-state index is -0.333. The Morgan fingerprint density at radius 1 is 1.14 bits per heavy atom. The number of hydrogen-bond donors (Lipinski definition) is 1. The first-order valence-electron chi connectivity index (χ1n) is 9.08. The van der Waals surface area contributed by atoms with Gasteiger partial charge in [-0.1, -0.05) is 29.8 Å². The Morgan fingerprint density at radius 3 is 2.64 bits per heavy atom. The molecule has 3 aromatic rings. The lowest BCUT2D eigenvalue weighted by atomic mass is 10.2. The summed E-state index contributed by atoms with van der Waals surface area (Å²) in [5.74, 6) is 0.550. The van der Waals surface area contributed by atoms with Crippen LogP contribution in [-0.4, -0.2) is 37.2 Å². The first-order valence-corrected chi connectivity index (χ1v) is 9.46. The summed E-state index contributed by atoms with van der Waals surface area (Å²) < 4.78 is 11.1. The van der Waals surface area contributed by atoms with Gasteiger partial charge in [0.1, 0.15) is 5.76 Å². The number of benzene rings is 2. The van der Waals surface area contributed by atoms with Crippen molar-refractivity contribution in [2.75, 3.05) is 36.5 Å². The van der Waals surface area contributed by atoms with Gasteiger partial charge in [-0.15, -0.1) is 0 Å². The maximum Gasteiger partial charge on any atom is 0.277 e. The van der Waals surface area contributed by atoms with Crippen molar-refractivity contribution in [3.05, 3.63) is 65.0 Å². The third-order valence-electron chi connectivity index (χ3n) is 4.59. The molecule has 0 aliphatic carbocycles. The SMILES string of the molecule is Cc1oc(-c2ccccc2)nc1C(=O)Nc1cc(Cl)ccc1N1CCOCC1. The Bertz CT molecular complexity index is 982. The van der Waals surface area contributed by atoms with Gasteiger partial charge in [0.05, 0.1) is 24.6 Å². The number of nitrogens with zero attached hydrogens (tertiary/aromatic N) is 2. The third-order valence-corrected chi connectivity index (χ3v) is 4.83. The standard InChI is InChI=1S/C21H20ClN3O3/c1-14-19(24-21(28-14)15-5-3-2-4-6-15)20(26)23-17-13-16(22)7-8-18(17)25-9-11-27-12-10-25/h2-8,13H,9-12H2,1H3,(H,23,26). The maximum absolute atomic E-state index is 12.9. The molecule has 0 unspecified atom stereocenters. The number of morpholine rings is 1. The molecule has 0 spiro atoms. The van der Waals surface area contributed by atoms with Crippen molar-refractivity contribution in [1.82, 2.24) is 4.98 Å². The second kappa shape index (κ2) is 8.04. The molecule has 0 atom stereocenters. The highest BCUT2D eigenvalue weighted by atomic mass is 35.5. The lowest BCUT2D eigenvalue weighted by Gasteiger charge is -2.30. The molecule has 28 heavy (non-hydrogen) atoms. The molecular formula is C21H20ClN3O3. The lowest BCUT2D eigenvalue weighted by molar-refractivity contribution is 0.102. The van der Waals surface area contributed by atoms with Crippen molar-refractivity contribution in [2.24, 2.45) is 0 Å². The molecule has 1 fully saturated rings. The smallest absolute Gasteiger partial charge is 0.277 e. The van der Waals surface area contributed by atoms with Crippen LogP contribution in [0.3, 0.4) is 0 Å². The van der Waals surface area contributed by atoms with Crippen molar-refractivity contribution < 1.29 is 13.9 Å². The molecule has 1 aromatic heterocycles. The second-order valence-electron chi connectivity index (χ2n) is 6.50. The summed E-state index contributed by atoms with van der Waals surface area (Å²) in [6, 6.07) is 15.0. The summed E-state index contributed by atoms with van der Waals surface area (Å²) in [4.78, 5) is 19.5. The molecule has 2 heterocycles. The van der Waals surface area contributed by atoms with E-state index < -0.39 is 0 Å². The van der Waals surface area contributed by atoms with E-state index in [9.17, 15) is 4.79 Å². The van der Waals surface area contributed by atoms with E-state index in [-0.39, 0.29) is 11.6 Å². The number of carbonyl (C=O) groups is 1. The highest BCUT2D eigenvalue weighted by molar-refractivity contribution is 6.31. The first kappa shape index (κ1) is 18.5. The van der Waals surface area contributed by atoms with E-state index in [1.165, 1.54) is 0 Å². The van der Waals surface area contributed by atoms with E-state index >= 15 is 0 Å². The number of oxazole rings is 1. The number of hydrogen-bond acceptors (Lipinski definition) is 5. The van der Waals surface area contributed by atoms with Crippen LogP contribution in [-0.2, 0) is 4.74 Å². The van der Waals surface area contributed by atoms with Crippen molar-refractivity contribution in [2.45, 2.75) is 6.92 Å². The molecular weight excluding hydrogens is 378 g/mol. The van der Waals surface area contributed by atoms with E-state index in [4.69, 9.17) is 20.8 Å². The topological polar surface area (TPSA) is 67.6 Å². The summed E-state index contributed by atoms with van der Waals surface area (Å²) in [7, 11) is 0. The molecule has 1 N–H and O–H groups in total. The molecule has 1 amide bonds. The summed E-state index contributed by atoms with van der Waals surface area (Å²) in [5, 5.41) is 3.49. The number of aryl methyl sites for hydroxylation is 1. The lowest BCUT2D eigenvalue weighted by Crippen LogP contribution is -2.36. The first-order chi connectivity index (χ1) is 13.6. The maximum atomic E-state index is 12.9. The number of ether oxygens (including phenoxy) is 1. The number of rotatable bonds is 4. The Kier molecular flexibility index (Phi) is 5.32. The van der Waals surface area contributed by atoms with Crippen LogP contribution >= 0.6 is 11.6 Å². The quantitative estimate of drug-likeness (QED) is 0.707. The van der Waals surface area contributed by atoms with Crippen LogP contribution in [0.25, 0.3) is 11.5 Å². The van der Waals surface area contributed by atoms with E-state index in [2.05, 4.69) is 15.2 Å². The van der Waals surface area contributed by atoms with Gasteiger partial charge in [0.2, 0.25) is 5.89 Å². The van der Waals surface area contributed by atoms with Gasteiger partial charge in [-0.2, -0.15) is 0 Å². The van der Waals surface area contributed by atoms with Gasteiger partial charge in [0.15, 0.2) is 5.69 Å². The zero-order valence-corrected chi connectivity index (χ0v) is 16.2. The van der Waals surface area contributed by atoms with E-state index in [1.54, 1.807) is 13.0 Å². The number of anilines is 2. The zero-order valence-electron chi connectivity index (χ0n) is 15.4. The fourth-order valence-electron chi connectivity index (χ4n) is 3.18. The molecule has 4 rings (SSSR count). The fourth-order valence-corrected chi connectivity index (χ4v) is 3.35. The Hall–Kier alpha value is -2.83. The van der Waals surface area contributed by atoms with Crippen LogP contribution < -0.4 is 10.2 Å². The van der Waals surface area contributed by atoms with E-state index in [1.807, 2.05) is 42.5 Å². The Balaban J connectivity index is 1.60. The summed E-state index contributed by atoms with van der Waals surface area (Å²) in [6.45, 7) is 4.55. The number of amides is 1. The fraction of sp³-hybridized carbons (Fsp3) is 0.238. The average molecular weight is 398 g/mol. The van der Waals surface area contributed by atoms with Crippen LogP contribution in [0.4, 0.5) is 11.4 Å². The Labute approximate surface area is 168 Å². The normalized spacial score (nSPS) is 14.1. The van der Waals surface area contributed by atoms with Gasteiger partial charge in [0.25, 0.3) is 5.91 Å². The van der Waals surface area contributed by atoms with Gasteiger partial charge in [0, 0.05) is 23.7 Å². The minimum Gasteiger partial charge on any atom is -0.441 e. The Morgan fingerprint density at radius 2 is 1.89 bits per heavy atom. The van der Waals surface area contributed by atoms with Gasteiger partial charge in [-0.05, 0) is 37.3 Å². The van der Waals surface area contributed by atoms with Crippen LogP contribution in [0.15, 0.2) is 52.9 Å². The molecule has 1 aliphatic rings. The van der Waals surface area contributed by atoms with Crippen molar-refractivity contribution >= 4 is 28.9 Å². The number of nitrogens with one attached hydrogen (secondary N) is 1. The van der Waals surface area contributed by atoms with Gasteiger partial charge < -0.3 is 19.4 Å². The van der Waals surface area contributed by atoms with Crippen molar-refractivity contribution in [1.29, 1.82) is 0 Å². The molecule has 144 valence electrons. The van der Waals surface area contributed by atoms with Gasteiger partial charge in [-0.25, -0.2) is 4.98 Å². The minimum absolute atomic E-state index is 0.256. The van der Waals surface area contributed by atoms with Gasteiger partial charge in [-0.3, -0.25) is 4.79 Å². The van der Waals surface area contributed by atoms with Crippen molar-refractivity contribution in [3.8, 4) is 11.5 Å². The van der Waals surface area contributed by atoms with Crippen LogP contribution in [0.1, 0.15) is 16.2 Å². The number of aromatic nitrogens is 1. The predicted octanol–water partition coefficient (Wildman–Crippen LogP) is 4.39. The molecule has 0 bridgehead atoms. The van der Waals surface area contributed by atoms with Crippen LogP contribution in [0.5, 0.6) is 0 Å². The van der Waals surface area contributed by atoms with Crippen molar-refractivity contribution in [3.63, 3.8) is 0 Å². The third kappa shape index (κ3) is 3.88. The zero-order chi connectivity index (χ0) is 19.5. The largest absolute Gasteiger partial charge is 0.441 e. The van der Waals surface area contributed by atoms with E-state index in [0.29, 0.717) is 35.6 Å². The highest BCUT2D eigenvalue weighted by Crippen LogP contribution is 2.31.